The van der Waals surface area contributed by atoms with Crippen LogP contribution in [0.2, 0.25) is 10.2 Å². The highest BCUT2D eigenvalue weighted by molar-refractivity contribution is 6.35. The van der Waals surface area contributed by atoms with Crippen molar-refractivity contribution in [3.63, 3.8) is 0 Å². The summed E-state index contributed by atoms with van der Waals surface area (Å²) in [5.74, 6) is -1.78. The van der Waals surface area contributed by atoms with E-state index < -0.39 is 11.9 Å². The largest absolute Gasteiger partial charge is 0.478 e. The van der Waals surface area contributed by atoms with Crippen LogP contribution in [0, 0.1) is 0 Å². The Balaban J connectivity index is 2.33. The first-order valence-corrected chi connectivity index (χ1v) is 6.20. The zero-order valence-electron chi connectivity index (χ0n) is 9.93. The second-order valence-electron chi connectivity index (χ2n) is 3.77. The van der Waals surface area contributed by atoms with Crippen LogP contribution in [-0.2, 0) is 0 Å². The molecule has 0 saturated heterocycles. The predicted octanol–water partition coefficient (Wildman–Crippen LogP) is 3.34. The van der Waals surface area contributed by atoms with Gasteiger partial charge < -0.3 is 10.4 Å². The molecule has 102 valence electrons. The van der Waals surface area contributed by atoms with Crippen molar-refractivity contribution in [1.29, 1.82) is 0 Å². The summed E-state index contributed by atoms with van der Waals surface area (Å²) >= 11 is 11.6. The number of para-hydroxylation sites is 1. The summed E-state index contributed by atoms with van der Waals surface area (Å²) in [6.07, 6.45) is 0. The summed E-state index contributed by atoms with van der Waals surface area (Å²) in [4.78, 5) is 26.9. The van der Waals surface area contributed by atoms with E-state index in [2.05, 4.69) is 10.3 Å². The average Bonchev–Trinajstić information content (AvgIpc) is 2.41. The van der Waals surface area contributed by atoms with Crippen molar-refractivity contribution in [2.45, 2.75) is 0 Å². The highest BCUT2D eigenvalue weighted by atomic mass is 35.5. The van der Waals surface area contributed by atoms with Crippen LogP contribution < -0.4 is 5.32 Å². The van der Waals surface area contributed by atoms with Crippen LogP contribution in [0.3, 0.4) is 0 Å². The molecule has 1 amide bonds. The van der Waals surface area contributed by atoms with Crippen molar-refractivity contribution in [2.75, 3.05) is 5.32 Å². The van der Waals surface area contributed by atoms with Gasteiger partial charge in [0.2, 0.25) is 0 Å². The van der Waals surface area contributed by atoms with Crippen LogP contribution >= 0.6 is 23.2 Å². The molecule has 5 nitrogen and oxygen atoms in total. The number of carboxylic acids is 1. The normalized spacial score (nSPS) is 10.1. The summed E-state index contributed by atoms with van der Waals surface area (Å²) in [5.41, 5.74) is 0.0567. The summed E-state index contributed by atoms with van der Waals surface area (Å²) in [5, 5.41) is 11.7. The van der Waals surface area contributed by atoms with Crippen LogP contribution in [0.25, 0.3) is 0 Å². The van der Waals surface area contributed by atoms with E-state index in [0.717, 1.165) is 0 Å². The monoisotopic (exact) mass is 310 g/mol. The van der Waals surface area contributed by atoms with Gasteiger partial charge in [-0.15, -0.1) is 0 Å². The number of hydrogen-bond acceptors (Lipinski definition) is 3. The van der Waals surface area contributed by atoms with E-state index in [0.29, 0.717) is 0 Å². The quantitative estimate of drug-likeness (QED) is 0.852. The minimum atomic E-state index is -1.15. The van der Waals surface area contributed by atoms with E-state index in [-0.39, 0.29) is 27.1 Å². The lowest BCUT2D eigenvalue weighted by atomic mass is 10.1. The number of aromatic nitrogens is 1. The van der Waals surface area contributed by atoms with E-state index in [1.165, 1.54) is 24.3 Å². The zero-order chi connectivity index (χ0) is 14.7. The topological polar surface area (TPSA) is 79.3 Å². The van der Waals surface area contributed by atoms with Crippen molar-refractivity contribution >= 4 is 40.8 Å². The van der Waals surface area contributed by atoms with Gasteiger partial charge in [-0.2, -0.15) is 0 Å². The Kier molecular flexibility index (Phi) is 4.22. The van der Waals surface area contributed by atoms with Crippen molar-refractivity contribution in [2.24, 2.45) is 0 Å². The highest BCUT2D eigenvalue weighted by Crippen LogP contribution is 2.20. The van der Waals surface area contributed by atoms with E-state index >= 15 is 0 Å². The van der Waals surface area contributed by atoms with Gasteiger partial charge in [-0.05, 0) is 24.3 Å². The van der Waals surface area contributed by atoms with Crippen molar-refractivity contribution in [1.82, 2.24) is 4.98 Å². The number of halogens is 2. The van der Waals surface area contributed by atoms with Crippen LogP contribution in [0.4, 0.5) is 5.69 Å². The molecule has 0 aliphatic rings. The molecule has 7 heteroatoms. The molecule has 2 aromatic rings. The van der Waals surface area contributed by atoms with E-state index in [9.17, 15) is 9.59 Å². The molecule has 0 fully saturated rings. The second-order valence-corrected chi connectivity index (χ2v) is 4.56. The zero-order valence-corrected chi connectivity index (χ0v) is 11.4. The molecule has 0 spiro atoms. The number of hydrogen-bond donors (Lipinski definition) is 2. The summed E-state index contributed by atoms with van der Waals surface area (Å²) in [6.45, 7) is 0. The number of anilines is 1. The number of carboxylic acid groups (broad SMARTS) is 1. The van der Waals surface area contributed by atoms with Gasteiger partial charge >= 0.3 is 5.97 Å². The number of aromatic carboxylic acids is 1. The van der Waals surface area contributed by atoms with Gasteiger partial charge in [0.25, 0.3) is 5.91 Å². The lowest BCUT2D eigenvalue weighted by Gasteiger charge is -2.08. The van der Waals surface area contributed by atoms with Crippen molar-refractivity contribution < 1.29 is 14.7 Å². The lowest BCUT2D eigenvalue weighted by molar-refractivity contribution is 0.0698. The molecule has 0 radical (unpaired) electrons. The molecule has 2 N–H and O–H groups in total. The number of carbonyl (C=O) groups is 2. The van der Waals surface area contributed by atoms with Crippen LogP contribution in [0.15, 0.2) is 36.4 Å². The number of rotatable bonds is 3. The van der Waals surface area contributed by atoms with Gasteiger partial charge in [0.05, 0.1) is 16.3 Å². The average molecular weight is 311 g/mol. The second kappa shape index (κ2) is 5.90. The van der Waals surface area contributed by atoms with Gasteiger partial charge in [0, 0.05) is 0 Å². The Morgan fingerprint density at radius 3 is 2.50 bits per heavy atom. The first-order valence-electron chi connectivity index (χ1n) is 5.45. The maximum Gasteiger partial charge on any atom is 0.337 e. The fourth-order valence-electron chi connectivity index (χ4n) is 1.54. The number of amides is 1. The van der Waals surface area contributed by atoms with E-state index in [4.69, 9.17) is 28.3 Å². The maximum atomic E-state index is 12.1. The molecule has 1 heterocycles. The minimum Gasteiger partial charge on any atom is -0.478 e. The number of pyridine rings is 1. The molecule has 0 atom stereocenters. The third-order valence-corrected chi connectivity index (χ3v) is 2.95. The Hall–Kier alpha value is -2.11. The highest BCUT2D eigenvalue weighted by Gasteiger charge is 2.16. The molecular formula is C13H8Cl2N2O3. The fourth-order valence-corrected chi connectivity index (χ4v) is 1.88. The Labute approximate surface area is 124 Å². The predicted molar refractivity (Wildman–Crippen MR) is 75.6 cm³/mol. The molecule has 1 aromatic carbocycles. The smallest absolute Gasteiger partial charge is 0.337 e. The molecule has 0 bridgehead atoms. The SMILES string of the molecule is O=C(O)c1ccccc1NC(=O)c1nc(Cl)ccc1Cl. The van der Waals surface area contributed by atoms with Gasteiger partial charge in [0.15, 0.2) is 0 Å². The molecule has 0 unspecified atom stereocenters. The van der Waals surface area contributed by atoms with Crippen molar-refractivity contribution in [3.8, 4) is 0 Å². The Morgan fingerprint density at radius 1 is 1.10 bits per heavy atom. The van der Waals surface area contributed by atoms with Crippen molar-refractivity contribution in [3.05, 3.63) is 57.8 Å². The Morgan fingerprint density at radius 2 is 1.80 bits per heavy atom. The van der Waals surface area contributed by atoms with Gasteiger partial charge in [-0.3, -0.25) is 4.79 Å². The number of nitrogens with zero attached hydrogens (tertiary/aromatic N) is 1. The third kappa shape index (κ3) is 3.07. The Bertz CT molecular complexity index is 689. The minimum absolute atomic E-state index is 0.0287. The first kappa shape index (κ1) is 14.3. The first-order chi connectivity index (χ1) is 9.49. The third-order valence-electron chi connectivity index (χ3n) is 2.43. The van der Waals surface area contributed by atoms with Crippen LogP contribution in [-0.4, -0.2) is 22.0 Å². The number of benzene rings is 1. The molecule has 2 rings (SSSR count). The molecule has 0 aliphatic carbocycles. The maximum absolute atomic E-state index is 12.1. The lowest BCUT2D eigenvalue weighted by Crippen LogP contribution is -2.16. The van der Waals surface area contributed by atoms with Crippen LogP contribution in [0.5, 0.6) is 0 Å². The van der Waals surface area contributed by atoms with Gasteiger partial charge in [-0.1, -0.05) is 35.3 Å². The van der Waals surface area contributed by atoms with E-state index in [1.807, 2.05) is 0 Å². The molecule has 0 saturated carbocycles. The number of nitrogens with one attached hydrogen (secondary N) is 1. The molecule has 0 aliphatic heterocycles. The molecule has 1 aromatic heterocycles. The molecule has 20 heavy (non-hydrogen) atoms. The summed E-state index contributed by atoms with van der Waals surface area (Å²) < 4.78 is 0. The summed E-state index contributed by atoms with van der Waals surface area (Å²) in [6, 6.07) is 8.91. The van der Waals surface area contributed by atoms with E-state index in [1.54, 1.807) is 12.1 Å². The molecular weight excluding hydrogens is 303 g/mol. The van der Waals surface area contributed by atoms with Gasteiger partial charge in [-0.25, -0.2) is 9.78 Å². The summed E-state index contributed by atoms with van der Waals surface area (Å²) in [7, 11) is 0. The number of carbonyl (C=O) groups excluding carboxylic acids is 1. The fraction of sp³-hybridized carbons (Fsp3) is 0. The van der Waals surface area contributed by atoms with Crippen LogP contribution in [0.1, 0.15) is 20.8 Å². The standard InChI is InChI=1S/C13H8Cl2N2O3/c14-8-5-6-10(15)17-11(8)12(18)16-9-4-2-1-3-7(9)13(19)20/h1-6H,(H,16,18)(H,19,20). The van der Waals surface area contributed by atoms with Gasteiger partial charge in [0.1, 0.15) is 10.8 Å².